The number of rotatable bonds is 3. The van der Waals surface area contributed by atoms with E-state index in [2.05, 4.69) is 30.4 Å². The third kappa shape index (κ3) is 1.73. The Labute approximate surface area is 114 Å². The Hall–Kier alpha value is -2.76. The lowest BCUT2D eigenvalue weighted by atomic mass is 10.1. The number of aromatic nitrogens is 6. The van der Waals surface area contributed by atoms with Gasteiger partial charge in [-0.25, -0.2) is 0 Å². The number of hydrogen-bond donors (Lipinski definition) is 2. The van der Waals surface area contributed by atoms with Crippen LogP contribution in [0.4, 0.5) is 0 Å². The number of fused-ring (bicyclic) bond motifs is 2. The van der Waals surface area contributed by atoms with Crippen molar-refractivity contribution in [3.63, 3.8) is 0 Å². The van der Waals surface area contributed by atoms with Gasteiger partial charge in [-0.3, -0.25) is 20.2 Å². The molecule has 0 aromatic carbocycles. The summed E-state index contributed by atoms with van der Waals surface area (Å²) in [4.78, 5) is 8.22. The quantitative estimate of drug-likeness (QED) is 0.593. The van der Waals surface area contributed by atoms with Crippen LogP contribution in [0.1, 0.15) is 11.4 Å². The van der Waals surface area contributed by atoms with Crippen molar-refractivity contribution in [2.24, 2.45) is 0 Å². The SMILES string of the molecule is c1cc2c(CCc3[nH]nc4ccncc34)[nH]nc2cn1. The third-order valence-corrected chi connectivity index (χ3v) is 3.50. The Morgan fingerprint density at radius 2 is 1.45 bits per heavy atom. The van der Waals surface area contributed by atoms with Crippen molar-refractivity contribution in [2.75, 3.05) is 0 Å². The lowest BCUT2D eigenvalue weighted by Crippen LogP contribution is -1.93. The van der Waals surface area contributed by atoms with Gasteiger partial charge in [0.2, 0.25) is 0 Å². The van der Waals surface area contributed by atoms with Gasteiger partial charge in [-0.15, -0.1) is 0 Å². The number of pyridine rings is 2. The molecule has 98 valence electrons. The largest absolute Gasteiger partial charge is 0.281 e. The molecular weight excluding hydrogens is 252 g/mol. The monoisotopic (exact) mass is 264 g/mol. The van der Waals surface area contributed by atoms with Gasteiger partial charge in [0, 0.05) is 40.8 Å². The topological polar surface area (TPSA) is 83.1 Å². The first-order valence-corrected chi connectivity index (χ1v) is 6.46. The molecule has 6 heteroatoms. The normalized spacial score (nSPS) is 11.4. The lowest BCUT2D eigenvalue weighted by molar-refractivity contribution is 0.866. The lowest BCUT2D eigenvalue weighted by Gasteiger charge is -1.98. The molecule has 0 aliphatic rings. The summed E-state index contributed by atoms with van der Waals surface area (Å²) in [6.45, 7) is 0. The van der Waals surface area contributed by atoms with Crippen molar-refractivity contribution in [2.45, 2.75) is 12.8 Å². The number of H-pyrrole nitrogens is 2. The van der Waals surface area contributed by atoms with E-state index in [-0.39, 0.29) is 0 Å². The fraction of sp³-hybridized carbons (Fsp3) is 0.143. The molecular formula is C14H12N6. The van der Waals surface area contributed by atoms with Gasteiger partial charge in [-0.05, 0) is 25.0 Å². The van der Waals surface area contributed by atoms with Crippen LogP contribution >= 0.6 is 0 Å². The molecule has 0 saturated heterocycles. The van der Waals surface area contributed by atoms with E-state index in [1.807, 2.05) is 18.3 Å². The molecule has 0 amide bonds. The van der Waals surface area contributed by atoms with Gasteiger partial charge in [0.15, 0.2) is 0 Å². The van der Waals surface area contributed by atoms with Crippen LogP contribution in [0.25, 0.3) is 21.8 Å². The molecule has 0 aliphatic carbocycles. The molecule has 0 bridgehead atoms. The highest BCUT2D eigenvalue weighted by Gasteiger charge is 2.08. The van der Waals surface area contributed by atoms with Crippen LogP contribution in [0.15, 0.2) is 36.9 Å². The van der Waals surface area contributed by atoms with Crippen molar-refractivity contribution < 1.29 is 0 Å². The average molecular weight is 264 g/mol. The van der Waals surface area contributed by atoms with Crippen molar-refractivity contribution >= 4 is 21.8 Å². The van der Waals surface area contributed by atoms with Crippen molar-refractivity contribution in [1.29, 1.82) is 0 Å². The highest BCUT2D eigenvalue weighted by Crippen LogP contribution is 2.18. The average Bonchev–Trinajstić information content (AvgIpc) is 3.09. The zero-order valence-corrected chi connectivity index (χ0v) is 10.7. The number of aryl methyl sites for hydroxylation is 2. The number of nitrogens with one attached hydrogen (secondary N) is 2. The second-order valence-corrected chi connectivity index (χ2v) is 4.69. The minimum absolute atomic E-state index is 0.863. The summed E-state index contributed by atoms with van der Waals surface area (Å²) in [6.07, 6.45) is 8.89. The number of hydrogen-bond acceptors (Lipinski definition) is 4. The molecule has 0 fully saturated rings. The molecule has 4 rings (SSSR count). The molecule has 0 radical (unpaired) electrons. The van der Waals surface area contributed by atoms with Gasteiger partial charge in [0.25, 0.3) is 0 Å². The first kappa shape index (κ1) is 11.1. The molecule has 4 aromatic rings. The summed E-state index contributed by atoms with van der Waals surface area (Å²) in [7, 11) is 0. The summed E-state index contributed by atoms with van der Waals surface area (Å²) in [5.74, 6) is 0. The molecule has 20 heavy (non-hydrogen) atoms. The van der Waals surface area contributed by atoms with Crippen LogP contribution in [0.2, 0.25) is 0 Å². The Kier molecular flexibility index (Phi) is 2.45. The van der Waals surface area contributed by atoms with Crippen molar-refractivity contribution in [3.8, 4) is 0 Å². The molecule has 0 saturated carbocycles. The van der Waals surface area contributed by atoms with Crippen LogP contribution in [-0.4, -0.2) is 30.4 Å². The van der Waals surface area contributed by atoms with Crippen LogP contribution in [-0.2, 0) is 12.8 Å². The first-order valence-electron chi connectivity index (χ1n) is 6.46. The molecule has 0 aliphatic heterocycles. The van der Waals surface area contributed by atoms with Crippen molar-refractivity contribution in [3.05, 3.63) is 48.3 Å². The van der Waals surface area contributed by atoms with E-state index < -0.39 is 0 Å². The van der Waals surface area contributed by atoms with Crippen LogP contribution in [0.5, 0.6) is 0 Å². The summed E-state index contributed by atoms with van der Waals surface area (Å²) in [6, 6.07) is 3.90. The predicted octanol–water partition coefficient (Wildman–Crippen LogP) is 2.01. The highest BCUT2D eigenvalue weighted by atomic mass is 15.1. The summed E-state index contributed by atoms with van der Waals surface area (Å²) >= 11 is 0. The van der Waals surface area contributed by atoms with Gasteiger partial charge in [0.1, 0.15) is 5.52 Å². The predicted molar refractivity (Wildman–Crippen MR) is 75.2 cm³/mol. The van der Waals surface area contributed by atoms with Gasteiger partial charge in [-0.1, -0.05) is 0 Å². The Morgan fingerprint density at radius 3 is 2.35 bits per heavy atom. The molecule has 4 heterocycles. The molecule has 4 aromatic heterocycles. The van der Waals surface area contributed by atoms with E-state index in [4.69, 9.17) is 0 Å². The molecule has 2 N–H and O–H groups in total. The van der Waals surface area contributed by atoms with E-state index in [1.54, 1.807) is 18.6 Å². The van der Waals surface area contributed by atoms with E-state index in [1.165, 1.54) is 0 Å². The van der Waals surface area contributed by atoms with E-state index in [0.717, 1.165) is 46.0 Å². The van der Waals surface area contributed by atoms with Crippen LogP contribution < -0.4 is 0 Å². The minimum Gasteiger partial charge on any atom is -0.281 e. The fourth-order valence-electron chi connectivity index (χ4n) is 2.45. The first-order chi connectivity index (χ1) is 9.92. The third-order valence-electron chi connectivity index (χ3n) is 3.50. The maximum Gasteiger partial charge on any atom is 0.111 e. The molecule has 0 spiro atoms. The molecule has 0 atom stereocenters. The maximum atomic E-state index is 4.28. The van der Waals surface area contributed by atoms with Crippen LogP contribution in [0.3, 0.4) is 0 Å². The highest BCUT2D eigenvalue weighted by molar-refractivity contribution is 5.81. The summed E-state index contributed by atoms with van der Waals surface area (Å²) in [5.41, 5.74) is 4.08. The Balaban J connectivity index is 1.64. The second kappa shape index (κ2) is 4.41. The van der Waals surface area contributed by atoms with Gasteiger partial charge >= 0.3 is 0 Å². The minimum atomic E-state index is 0.863. The van der Waals surface area contributed by atoms with Gasteiger partial charge in [0.05, 0.1) is 11.7 Å². The zero-order valence-electron chi connectivity index (χ0n) is 10.7. The second-order valence-electron chi connectivity index (χ2n) is 4.69. The molecule has 0 unspecified atom stereocenters. The van der Waals surface area contributed by atoms with Crippen molar-refractivity contribution in [1.82, 2.24) is 30.4 Å². The Morgan fingerprint density at radius 1 is 0.750 bits per heavy atom. The summed E-state index contributed by atoms with van der Waals surface area (Å²) in [5, 5.41) is 16.9. The standard InChI is InChI=1S/C14H12N6/c1(11-9-3-5-16-8-14(9)20-17-11)2-12-10-7-15-6-4-13(10)19-18-12/h3-8H,1-2H2,(H,17,20)(H,18,19). The van der Waals surface area contributed by atoms with Crippen LogP contribution in [0, 0.1) is 0 Å². The number of aromatic amines is 2. The fourth-order valence-corrected chi connectivity index (χ4v) is 2.45. The summed E-state index contributed by atoms with van der Waals surface area (Å²) < 4.78 is 0. The van der Waals surface area contributed by atoms with E-state index >= 15 is 0 Å². The smallest absolute Gasteiger partial charge is 0.111 e. The Bertz CT molecular complexity index is 801. The van der Waals surface area contributed by atoms with Gasteiger partial charge < -0.3 is 0 Å². The number of nitrogens with zero attached hydrogens (tertiary/aromatic N) is 4. The van der Waals surface area contributed by atoms with E-state index in [0.29, 0.717) is 0 Å². The van der Waals surface area contributed by atoms with Gasteiger partial charge in [-0.2, -0.15) is 10.2 Å². The van der Waals surface area contributed by atoms with E-state index in [9.17, 15) is 0 Å². The zero-order chi connectivity index (χ0) is 13.4. The molecule has 6 nitrogen and oxygen atoms in total. The maximum absolute atomic E-state index is 4.28.